The normalized spacial score (nSPS) is 16.0. The first kappa shape index (κ1) is 18.4. The van der Waals surface area contributed by atoms with Crippen molar-refractivity contribution in [2.45, 2.75) is 18.9 Å². The minimum Gasteiger partial charge on any atom is -0.465 e. The number of nitrogens with one attached hydrogen (secondary N) is 1. The highest BCUT2D eigenvalue weighted by Crippen LogP contribution is 2.30. The molecule has 7 heteroatoms. The van der Waals surface area contributed by atoms with Gasteiger partial charge in [-0.2, -0.15) is 0 Å². The van der Waals surface area contributed by atoms with Gasteiger partial charge in [0.1, 0.15) is 5.70 Å². The van der Waals surface area contributed by atoms with Crippen molar-refractivity contribution in [3.63, 3.8) is 0 Å². The summed E-state index contributed by atoms with van der Waals surface area (Å²) < 4.78 is 9.69. The van der Waals surface area contributed by atoms with Crippen LogP contribution in [0.2, 0.25) is 0 Å². The molecular formula is C20H20N2O5. The van der Waals surface area contributed by atoms with Crippen molar-refractivity contribution in [2.24, 2.45) is 0 Å². The molecule has 1 N–H and O–H groups in total. The summed E-state index contributed by atoms with van der Waals surface area (Å²) >= 11 is 0. The lowest BCUT2D eigenvalue weighted by Crippen LogP contribution is -2.31. The van der Waals surface area contributed by atoms with Crippen LogP contribution < -0.4 is 10.2 Å². The van der Waals surface area contributed by atoms with E-state index in [-0.39, 0.29) is 23.2 Å². The molecule has 1 aromatic carbocycles. The monoisotopic (exact) mass is 368 g/mol. The first-order valence-electron chi connectivity index (χ1n) is 8.51. The lowest BCUT2D eigenvalue weighted by atomic mass is 10.1. The summed E-state index contributed by atoms with van der Waals surface area (Å²) in [6.45, 7) is 0. The Morgan fingerprint density at radius 1 is 1.04 bits per heavy atom. The zero-order valence-corrected chi connectivity index (χ0v) is 15.1. The van der Waals surface area contributed by atoms with Crippen molar-refractivity contribution in [1.29, 1.82) is 0 Å². The number of benzene rings is 1. The van der Waals surface area contributed by atoms with Gasteiger partial charge in [0.05, 0.1) is 31.0 Å². The molecule has 1 aliphatic carbocycles. The number of esters is 2. The highest BCUT2D eigenvalue weighted by Gasteiger charge is 2.30. The number of anilines is 1. The molecular weight excluding hydrogens is 348 g/mol. The van der Waals surface area contributed by atoms with Gasteiger partial charge in [-0.1, -0.05) is 18.2 Å². The van der Waals surface area contributed by atoms with Crippen LogP contribution in [-0.4, -0.2) is 38.1 Å². The number of carbonyl (C=O) groups is 3. The molecule has 1 aromatic rings. The average Bonchev–Trinajstić information content (AvgIpc) is 3.52. The molecule has 140 valence electrons. The Balaban J connectivity index is 2.12. The quantitative estimate of drug-likeness (QED) is 0.801. The molecule has 0 saturated heterocycles. The molecule has 0 bridgehead atoms. The molecule has 1 heterocycles. The summed E-state index contributed by atoms with van der Waals surface area (Å²) in [6.07, 6.45) is 8.27. The topological polar surface area (TPSA) is 84.9 Å². The van der Waals surface area contributed by atoms with Crippen molar-refractivity contribution in [3.05, 3.63) is 65.5 Å². The Morgan fingerprint density at radius 3 is 2.41 bits per heavy atom. The molecule has 1 saturated carbocycles. The van der Waals surface area contributed by atoms with Crippen LogP contribution in [-0.2, 0) is 19.1 Å². The summed E-state index contributed by atoms with van der Waals surface area (Å²) in [7, 11) is 2.46. The third-order valence-corrected chi connectivity index (χ3v) is 4.21. The fourth-order valence-corrected chi connectivity index (χ4v) is 2.72. The van der Waals surface area contributed by atoms with E-state index >= 15 is 0 Å². The molecule has 0 radical (unpaired) electrons. The van der Waals surface area contributed by atoms with Crippen molar-refractivity contribution < 1.29 is 23.9 Å². The lowest BCUT2D eigenvalue weighted by molar-refractivity contribution is -0.139. The van der Waals surface area contributed by atoms with Gasteiger partial charge in [0.15, 0.2) is 0 Å². The van der Waals surface area contributed by atoms with E-state index in [1.807, 2.05) is 0 Å². The van der Waals surface area contributed by atoms with Crippen LogP contribution in [0.5, 0.6) is 0 Å². The number of rotatable bonds is 5. The predicted octanol–water partition coefficient (Wildman–Crippen LogP) is 2.07. The zero-order valence-electron chi connectivity index (χ0n) is 15.1. The Kier molecular flexibility index (Phi) is 5.40. The van der Waals surface area contributed by atoms with E-state index in [4.69, 9.17) is 9.47 Å². The number of allylic oxidation sites excluding steroid dienone is 2. The number of methoxy groups -OCH3 is 2. The third-order valence-electron chi connectivity index (χ3n) is 4.21. The van der Waals surface area contributed by atoms with Crippen LogP contribution in [0, 0.1) is 0 Å². The molecule has 0 unspecified atom stereocenters. The fraction of sp³-hybridized carbons (Fsp3) is 0.250. The van der Waals surface area contributed by atoms with Gasteiger partial charge < -0.3 is 19.7 Å². The van der Waals surface area contributed by atoms with E-state index in [2.05, 4.69) is 5.32 Å². The van der Waals surface area contributed by atoms with Crippen molar-refractivity contribution >= 4 is 23.5 Å². The molecule has 27 heavy (non-hydrogen) atoms. The predicted molar refractivity (Wildman–Crippen MR) is 98.7 cm³/mol. The number of amides is 1. The SMILES string of the molecule is COC(=O)C1=C(C(=O)OC)N(c2ccccc2C(=O)NC2CC2)C=CC=C1. The number of nitrogens with zero attached hydrogens (tertiary/aromatic N) is 1. The summed E-state index contributed by atoms with van der Waals surface area (Å²) in [5, 5.41) is 2.94. The molecule has 1 aliphatic heterocycles. The van der Waals surface area contributed by atoms with Gasteiger partial charge in [0.2, 0.25) is 0 Å². The summed E-state index contributed by atoms with van der Waals surface area (Å²) in [6, 6.07) is 7.06. The van der Waals surface area contributed by atoms with Gasteiger partial charge in [-0.3, -0.25) is 4.79 Å². The minimum atomic E-state index is -0.719. The van der Waals surface area contributed by atoms with E-state index in [9.17, 15) is 14.4 Å². The zero-order chi connectivity index (χ0) is 19.4. The molecule has 0 atom stereocenters. The van der Waals surface area contributed by atoms with Gasteiger partial charge in [-0.05, 0) is 37.1 Å². The van der Waals surface area contributed by atoms with E-state index in [1.54, 1.807) is 42.6 Å². The maximum Gasteiger partial charge on any atom is 0.355 e. The molecule has 7 nitrogen and oxygen atoms in total. The fourth-order valence-electron chi connectivity index (χ4n) is 2.72. The maximum absolute atomic E-state index is 12.7. The second-order valence-corrected chi connectivity index (χ2v) is 6.08. The molecule has 3 rings (SSSR count). The smallest absolute Gasteiger partial charge is 0.355 e. The lowest BCUT2D eigenvalue weighted by Gasteiger charge is -2.25. The standard InChI is InChI=1S/C20H20N2O5/c1-26-19(24)15-8-5-6-12-22(17(15)20(25)27-2)16-9-4-3-7-14(16)18(23)21-13-10-11-13/h3-9,12-13H,10-11H2,1-2H3,(H,21,23). The Labute approximate surface area is 156 Å². The maximum atomic E-state index is 12.7. The van der Waals surface area contributed by atoms with Gasteiger partial charge >= 0.3 is 11.9 Å². The highest BCUT2D eigenvalue weighted by molar-refractivity contribution is 6.07. The van der Waals surface area contributed by atoms with Crippen molar-refractivity contribution in [3.8, 4) is 0 Å². The van der Waals surface area contributed by atoms with Crippen LogP contribution in [0.4, 0.5) is 5.69 Å². The summed E-state index contributed by atoms with van der Waals surface area (Å²) in [5.74, 6) is -1.63. The van der Waals surface area contributed by atoms with E-state index in [0.717, 1.165) is 12.8 Å². The van der Waals surface area contributed by atoms with E-state index in [0.29, 0.717) is 11.3 Å². The first-order chi connectivity index (χ1) is 13.1. The highest BCUT2D eigenvalue weighted by atomic mass is 16.5. The van der Waals surface area contributed by atoms with E-state index in [1.165, 1.54) is 25.2 Å². The van der Waals surface area contributed by atoms with Gasteiger partial charge in [0.25, 0.3) is 5.91 Å². The van der Waals surface area contributed by atoms with Gasteiger partial charge in [-0.25, -0.2) is 9.59 Å². The van der Waals surface area contributed by atoms with Crippen LogP contribution in [0.1, 0.15) is 23.2 Å². The van der Waals surface area contributed by atoms with Crippen LogP contribution >= 0.6 is 0 Å². The number of hydrogen-bond donors (Lipinski definition) is 1. The second kappa shape index (κ2) is 7.90. The second-order valence-electron chi connectivity index (χ2n) is 6.08. The Hall–Kier alpha value is -3.35. The number of ether oxygens (including phenoxy) is 2. The van der Waals surface area contributed by atoms with Crippen LogP contribution in [0.25, 0.3) is 0 Å². The first-order valence-corrected chi connectivity index (χ1v) is 8.51. The van der Waals surface area contributed by atoms with Crippen LogP contribution in [0.15, 0.2) is 60.0 Å². The molecule has 2 aliphatic rings. The molecule has 1 fully saturated rings. The average molecular weight is 368 g/mol. The number of hydrogen-bond acceptors (Lipinski definition) is 6. The van der Waals surface area contributed by atoms with Crippen molar-refractivity contribution in [2.75, 3.05) is 19.1 Å². The molecule has 1 amide bonds. The Morgan fingerprint density at radius 2 is 1.74 bits per heavy atom. The van der Waals surface area contributed by atoms with E-state index < -0.39 is 11.9 Å². The van der Waals surface area contributed by atoms with Gasteiger partial charge in [0, 0.05) is 12.2 Å². The van der Waals surface area contributed by atoms with Crippen molar-refractivity contribution in [1.82, 2.24) is 5.32 Å². The summed E-state index contributed by atoms with van der Waals surface area (Å²) in [4.78, 5) is 38.9. The third kappa shape index (κ3) is 3.92. The molecule has 0 aromatic heterocycles. The Bertz CT molecular complexity index is 865. The van der Waals surface area contributed by atoms with Crippen LogP contribution in [0.3, 0.4) is 0 Å². The van der Waals surface area contributed by atoms with Gasteiger partial charge in [-0.15, -0.1) is 0 Å². The minimum absolute atomic E-state index is 0.0268. The number of para-hydroxylation sites is 1. The summed E-state index contributed by atoms with van der Waals surface area (Å²) in [5.41, 5.74) is 0.853. The largest absolute Gasteiger partial charge is 0.465 e. The molecule has 0 spiro atoms. The number of carbonyl (C=O) groups excluding carboxylic acids is 3.